The zero-order valence-corrected chi connectivity index (χ0v) is 9.40. The molecule has 0 saturated heterocycles. The highest BCUT2D eigenvalue weighted by Crippen LogP contribution is 2.01. The summed E-state index contributed by atoms with van der Waals surface area (Å²) in [6, 6.07) is 3.93. The summed E-state index contributed by atoms with van der Waals surface area (Å²) in [7, 11) is 0. The van der Waals surface area contributed by atoms with Gasteiger partial charge in [-0.25, -0.2) is 0 Å². The Labute approximate surface area is 90.7 Å². The van der Waals surface area contributed by atoms with Crippen molar-refractivity contribution in [3.63, 3.8) is 0 Å². The number of hydrogen-bond acceptors (Lipinski definition) is 2. The molecule has 15 heavy (non-hydrogen) atoms. The number of nitrogens with zero attached hydrogens (tertiary/aromatic N) is 1. The van der Waals surface area contributed by atoms with E-state index in [-0.39, 0.29) is 6.09 Å². The monoisotopic (exact) mass is 208 g/mol. The summed E-state index contributed by atoms with van der Waals surface area (Å²) >= 11 is 0. The third-order valence-electron chi connectivity index (χ3n) is 2.20. The highest BCUT2D eigenvalue weighted by atomic mass is 16.5. The number of aryl methyl sites for hydroxylation is 1. The van der Waals surface area contributed by atoms with E-state index in [1.54, 1.807) is 19.3 Å². The van der Waals surface area contributed by atoms with Crippen LogP contribution in [0.4, 0.5) is 4.79 Å². The molecule has 1 aromatic heterocycles. The summed E-state index contributed by atoms with van der Waals surface area (Å²) in [5.41, 5.74) is 1.26. The van der Waals surface area contributed by atoms with Gasteiger partial charge in [-0.15, -0.1) is 0 Å². The Morgan fingerprint density at radius 2 is 2.00 bits per heavy atom. The van der Waals surface area contributed by atoms with Crippen LogP contribution in [0.3, 0.4) is 0 Å². The Hall–Kier alpha value is -1.38. The number of carbonyl (C=O) groups excluding carboxylic acids is 1. The Kier molecular flexibility index (Phi) is 4.81. The van der Waals surface area contributed by atoms with Crippen LogP contribution < -0.4 is 4.57 Å². The molecule has 1 aromatic rings. The van der Waals surface area contributed by atoms with Gasteiger partial charge in [0.2, 0.25) is 0 Å². The van der Waals surface area contributed by atoms with Crippen LogP contribution >= 0.6 is 0 Å². The Morgan fingerprint density at radius 1 is 1.33 bits per heavy atom. The molecule has 0 N–H and O–H groups in total. The van der Waals surface area contributed by atoms with Gasteiger partial charge in [0.05, 0.1) is 6.61 Å². The summed E-state index contributed by atoms with van der Waals surface area (Å²) in [5, 5.41) is 0. The standard InChI is InChI=1S/C12H18NO2/c1-3-5-6-11-7-9-13(10-8-11)12(14)15-4-2/h7-10H,3-6H2,1-2H3/q+1. The Bertz CT molecular complexity index is 306. The molecular weight excluding hydrogens is 190 g/mol. The molecule has 0 aliphatic heterocycles. The van der Waals surface area contributed by atoms with Crippen LogP contribution in [-0.4, -0.2) is 12.7 Å². The van der Waals surface area contributed by atoms with Gasteiger partial charge in [0.1, 0.15) is 0 Å². The molecule has 0 aromatic carbocycles. The number of unbranched alkanes of at least 4 members (excludes halogenated alkanes) is 1. The van der Waals surface area contributed by atoms with Crippen molar-refractivity contribution >= 4 is 6.09 Å². The topological polar surface area (TPSA) is 30.2 Å². The smallest absolute Gasteiger partial charge is 0.412 e. The second kappa shape index (κ2) is 6.17. The van der Waals surface area contributed by atoms with E-state index in [1.807, 2.05) is 12.1 Å². The van der Waals surface area contributed by atoms with Gasteiger partial charge in [-0.3, -0.25) is 0 Å². The van der Waals surface area contributed by atoms with Gasteiger partial charge in [-0.1, -0.05) is 17.9 Å². The number of hydrogen-bond donors (Lipinski definition) is 0. The Morgan fingerprint density at radius 3 is 2.53 bits per heavy atom. The van der Waals surface area contributed by atoms with Gasteiger partial charge in [0, 0.05) is 12.1 Å². The lowest BCUT2D eigenvalue weighted by Gasteiger charge is -1.98. The van der Waals surface area contributed by atoms with Crippen molar-refractivity contribution in [2.45, 2.75) is 33.1 Å². The van der Waals surface area contributed by atoms with E-state index in [9.17, 15) is 4.79 Å². The number of pyridine rings is 1. The zero-order valence-electron chi connectivity index (χ0n) is 9.40. The molecule has 0 radical (unpaired) electrons. The fourth-order valence-electron chi connectivity index (χ4n) is 1.32. The molecule has 1 heterocycles. The van der Waals surface area contributed by atoms with Gasteiger partial charge < -0.3 is 4.74 Å². The number of carbonyl (C=O) groups is 1. The largest absolute Gasteiger partial charge is 0.601 e. The van der Waals surface area contributed by atoms with E-state index in [2.05, 4.69) is 6.92 Å². The minimum Gasteiger partial charge on any atom is -0.412 e. The molecule has 0 saturated carbocycles. The van der Waals surface area contributed by atoms with Gasteiger partial charge in [-0.2, -0.15) is 4.79 Å². The second-order valence-electron chi connectivity index (χ2n) is 3.42. The molecule has 0 unspecified atom stereocenters. The van der Waals surface area contributed by atoms with Crippen molar-refractivity contribution < 1.29 is 14.1 Å². The van der Waals surface area contributed by atoms with Gasteiger partial charge in [0.15, 0.2) is 12.4 Å². The maximum atomic E-state index is 11.3. The van der Waals surface area contributed by atoms with E-state index in [0.29, 0.717) is 6.61 Å². The molecule has 1 rings (SSSR count). The molecule has 0 amide bonds. The van der Waals surface area contributed by atoms with Crippen molar-refractivity contribution in [2.24, 2.45) is 0 Å². The summed E-state index contributed by atoms with van der Waals surface area (Å²) < 4.78 is 6.33. The van der Waals surface area contributed by atoms with E-state index in [1.165, 1.54) is 23.0 Å². The van der Waals surface area contributed by atoms with Crippen LogP contribution in [-0.2, 0) is 11.2 Å². The van der Waals surface area contributed by atoms with Crippen LogP contribution in [0.2, 0.25) is 0 Å². The predicted molar refractivity (Wildman–Crippen MR) is 57.7 cm³/mol. The minimum atomic E-state index is -0.320. The summed E-state index contributed by atoms with van der Waals surface area (Å²) in [4.78, 5) is 11.3. The molecule has 82 valence electrons. The number of rotatable bonds is 4. The lowest BCUT2D eigenvalue weighted by atomic mass is 10.1. The molecule has 0 aliphatic rings. The lowest BCUT2D eigenvalue weighted by Crippen LogP contribution is -2.42. The summed E-state index contributed by atoms with van der Waals surface area (Å²) in [6.07, 6.45) is 6.63. The number of ether oxygens (including phenoxy) is 1. The van der Waals surface area contributed by atoms with Crippen molar-refractivity contribution in [1.82, 2.24) is 0 Å². The highest BCUT2D eigenvalue weighted by molar-refractivity contribution is 5.56. The Balaban J connectivity index is 2.59. The first-order chi connectivity index (χ1) is 7.27. The highest BCUT2D eigenvalue weighted by Gasteiger charge is 2.13. The van der Waals surface area contributed by atoms with Crippen molar-refractivity contribution in [2.75, 3.05) is 6.61 Å². The zero-order chi connectivity index (χ0) is 11.1. The molecule has 0 fully saturated rings. The molecule has 0 spiro atoms. The van der Waals surface area contributed by atoms with Crippen molar-refractivity contribution in [1.29, 1.82) is 0 Å². The van der Waals surface area contributed by atoms with Gasteiger partial charge >= 0.3 is 6.09 Å². The van der Waals surface area contributed by atoms with Gasteiger partial charge in [-0.05, 0) is 25.3 Å². The van der Waals surface area contributed by atoms with E-state index in [4.69, 9.17) is 4.74 Å². The molecule has 0 aliphatic carbocycles. The van der Waals surface area contributed by atoms with Crippen LogP contribution in [0.15, 0.2) is 24.5 Å². The third kappa shape index (κ3) is 3.70. The fourth-order valence-corrected chi connectivity index (χ4v) is 1.32. The summed E-state index contributed by atoms with van der Waals surface area (Å²) in [6.45, 7) is 4.37. The molecule has 3 heteroatoms. The lowest BCUT2D eigenvalue weighted by molar-refractivity contribution is -0.586. The van der Waals surface area contributed by atoms with Crippen LogP contribution in [0.25, 0.3) is 0 Å². The van der Waals surface area contributed by atoms with Crippen molar-refractivity contribution in [3.05, 3.63) is 30.1 Å². The van der Waals surface area contributed by atoms with Crippen LogP contribution in [0.5, 0.6) is 0 Å². The SMILES string of the molecule is CCCCc1cc[n+](C(=O)OCC)cc1. The van der Waals surface area contributed by atoms with Crippen LogP contribution in [0, 0.1) is 0 Å². The average Bonchev–Trinajstić information content (AvgIpc) is 2.27. The third-order valence-corrected chi connectivity index (χ3v) is 2.20. The average molecular weight is 208 g/mol. The first-order valence-corrected chi connectivity index (χ1v) is 5.45. The molecule has 0 bridgehead atoms. The molecule has 0 atom stereocenters. The van der Waals surface area contributed by atoms with Gasteiger partial charge in [0.25, 0.3) is 0 Å². The number of aromatic nitrogens is 1. The van der Waals surface area contributed by atoms with Crippen molar-refractivity contribution in [3.8, 4) is 0 Å². The summed E-state index contributed by atoms with van der Waals surface area (Å²) in [5.74, 6) is 0. The normalized spacial score (nSPS) is 10.0. The predicted octanol–water partition coefficient (Wildman–Crippen LogP) is 2.32. The van der Waals surface area contributed by atoms with E-state index in [0.717, 1.165) is 6.42 Å². The second-order valence-corrected chi connectivity index (χ2v) is 3.42. The van der Waals surface area contributed by atoms with E-state index >= 15 is 0 Å². The maximum Gasteiger partial charge on any atom is 0.601 e. The maximum absolute atomic E-state index is 11.3. The first-order valence-electron chi connectivity index (χ1n) is 5.45. The molecule has 3 nitrogen and oxygen atoms in total. The molecular formula is C12H18NO2+. The quantitative estimate of drug-likeness (QED) is 0.711. The first kappa shape index (κ1) is 11.7. The van der Waals surface area contributed by atoms with E-state index < -0.39 is 0 Å². The minimum absolute atomic E-state index is 0.320. The van der Waals surface area contributed by atoms with Crippen LogP contribution in [0.1, 0.15) is 32.3 Å². The fraction of sp³-hybridized carbons (Fsp3) is 0.500.